The van der Waals surface area contributed by atoms with Gasteiger partial charge in [0.15, 0.2) is 0 Å². The number of hydrogen-bond donors (Lipinski definition) is 1. The molecule has 0 bridgehead atoms. The molecule has 2 unspecified atom stereocenters. The standard InChI is InChI=1S/C16H28O5/c1-3-5-10-20-12-13(17)11-16(15(19)21-4-2)9-7-6-8-14(16)18/h13,17H,3-12H2,1-2H3. The summed E-state index contributed by atoms with van der Waals surface area (Å²) in [6.45, 7) is 4.79. The Kier molecular flexibility index (Phi) is 7.89. The monoisotopic (exact) mass is 300 g/mol. The topological polar surface area (TPSA) is 72.8 Å². The Labute approximate surface area is 127 Å². The summed E-state index contributed by atoms with van der Waals surface area (Å²) < 4.78 is 10.5. The summed E-state index contributed by atoms with van der Waals surface area (Å²) in [6.07, 6.45) is 3.75. The van der Waals surface area contributed by atoms with Crippen molar-refractivity contribution in [3.63, 3.8) is 0 Å². The van der Waals surface area contributed by atoms with Gasteiger partial charge in [-0.25, -0.2) is 0 Å². The molecular weight excluding hydrogens is 272 g/mol. The van der Waals surface area contributed by atoms with Crippen molar-refractivity contribution < 1.29 is 24.2 Å². The van der Waals surface area contributed by atoms with Gasteiger partial charge in [-0.1, -0.05) is 19.8 Å². The quantitative estimate of drug-likeness (QED) is 0.402. The molecule has 0 amide bonds. The molecule has 0 radical (unpaired) electrons. The van der Waals surface area contributed by atoms with Crippen LogP contribution in [0.2, 0.25) is 0 Å². The molecule has 0 aromatic rings. The Morgan fingerprint density at radius 3 is 2.76 bits per heavy atom. The molecule has 1 aliphatic rings. The predicted octanol–water partition coefficient (Wildman–Crippen LogP) is 2.25. The zero-order valence-corrected chi connectivity index (χ0v) is 13.2. The highest BCUT2D eigenvalue weighted by molar-refractivity contribution is 6.04. The zero-order chi connectivity index (χ0) is 15.7. The number of aliphatic hydroxyl groups is 1. The van der Waals surface area contributed by atoms with Gasteiger partial charge in [-0.3, -0.25) is 9.59 Å². The fourth-order valence-electron chi connectivity index (χ4n) is 2.80. The first-order chi connectivity index (χ1) is 10.1. The van der Waals surface area contributed by atoms with Gasteiger partial charge in [0.2, 0.25) is 0 Å². The van der Waals surface area contributed by atoms with E-state index >= 15 is 0 Å². The Balaban J connectivity index is 2.64. The minimum Gasteiger partial charge on any atom is -0.465 e. The molecule has 0 spiro atoms. The van der Waals surface area contributed by atoms with Crippen molar-refractivity contribution in [3.05, 3.63) is 0 Å². The van der Waals surface area contributed by atoms with Gasteiger partial charge >= 0.3 is 5.97 Å². The van der Waals surface area contributed by atoms with Crippen molar-refractivity contribution >= 4 is 11.8 Å². The van der Waals surface area contributed by atoms with Gasteiger partial charge in [0, 0.05) is 13.0 Å². The fourth-order valence-corrected chi connectivity index (χ4v) is 2.80. The number of ether oxygens (including phenoxy) is 2. The molecule has 5 nitrogen and oxygen atoms in total. The molecule has 1 saturated carbocycles. The van der Waals surface area contributed by atoms with E-state index in [-0.39, 0.29) is 25.4 Å². The van der Waals surface area contributed by atoms with E-state index in [4.69, 9.17) is 9.47 Å². The van der Waals surface area contributed by atoms with Gasteiger partial charge in [0.1, 0.15) is 11.2 Å². The smallest absolute Gasteiger partial charge is 0.319 e. The second-order valence-corrected chi connectivity index (χ2v) is 5.72. The molecule has 0 aromatic carbocycles. The van der Waals surface area contributed by atoms with Crippen LogP contribution >= 0.6 is 0 Å². The predicted molar refractivity (Wildman–Crippen MR) is 78.9 cm³/mol. The molecule has 1 N–H and O–H groups in total. The molecule has 1 fully saturated rings. The molecule has 0 aromatic heterocycles. The van der Waals surface area contributed by atoms with Crippen LogP contribution in [0.25, 0.3) is 0 Å². The Bertz CT molecular complexity index is 342. The van der Waals surface area contributed by atoms with Gasteiger partial charge in [0.05, 0.1) is 19.3 Å². The van der Waals surface area contributed by atoms with E-state index in [1.54, 1.807) is 6.92 Å². The van der Waals surface area contributed by atoms with Gasteiger partial charge < -0.3 is 14.6 Å². The van der Waals surface area contributed by atoms with E-state index in [0.717, 1.165) is 25.7 Å². The molecule has 1 aliphatic carbocycles. The number of hydrogen-bond acceptors (Lipinski definition) is 5. The third kappa shape index (κ3) is 5.08. The highest BCUT2D eigenvalue weighted by atomic mass is 16.5. The van der Waals surface area contributed by atoms with E-state index in [9.17, 15) is 14.7 Å². The van der Waals surface area contributed by atoms with Crippen LogP contribution in [0.3, 0.4) is 0 Å². The van der Waals surface area contributed by atoms with Crippen molar-refractivity contribution in [2.24, 2.45) is 5.41 Å². The molecule has 0 heterocycles. The molecule has 0 aliphatic heterocycles. The molecule has 0 saturated heterocycles. The number of ketones is 1. The summed E-state index contributed by atoms with van der Waals surface area (Å²) in [5.41, 5.74) is -1.16. The van der Waals surface area contributed by atoms with Crippen LogP contribution < -0.4 is 0 Å². The maximum Gasteiger partial charge on any atom is 0.319 e. The summed E-state index contributed by atoms with van der Waals surface area (Å²) in [5, 5.41) is 10.1. The number of carbonyl (C=O) groups is 2. The normalized spacial score (nSPS) is 23.9. The lowest BCUT2D eigenvalue weighted by atomic mass is 9.69. The van der Waals surface area contributed by atoms with Gasteiger partial charge in [-0.05, 0) is 32.6 Å². The van der Waals surface area contributed by atoms with Crippen LogP contribution in [0.5, 0.6) is 0 Å². The molecule has 2 atom stereocenters. The number of esters is 1. The Morgan fingerprint density at radius 2 is 2.14 bits per heavy atom. The summed E-state index contributed by atoms with van der Waals surface area (Å²) in [6, 6.07) is 0. The Hall–Kier alpha value is -0.940. The van der Waals surface area contributed by atoms with E-state index in [0.29, 0.717) is 19.4 Å². The summed E-state index contributed by atoms with van der Waals surface area (Å²) in [5.74, 6) is -0.581. The highest BCUT2D eigenvalue weighted by Crippen LogP contribution is 2.38. The third-order valence-electron chi connectivity index (χ3n) is 3.99. The number of unbranched alkanes of at least 4 members (excludes halogenated alkanes) is 1. The van der Waals surface area contributed by atoms with Crippen molar-refractivity contribution in [3.8, 4) is 0 Å². The SMILES string of the molecule is CCCCOCC(O)CC1(C(=O)OCC)CCCCC1=O. The van der Waals surface area contributed by atoms with E-state index < -0.39 is 17.5 Å². The first kappa shape index (κ1) is 18.1. The maximum absolute atomic E-state index is 12.3. The first-order valence-electron chi connectivity index (χ1n) is 8.03. The molecule has 122 valence electrons. The van der Waals surface area contributed by atoms with Crippen LogP contribution in [-0.2, 0) is 19.1 Å². The van der Waals surface area contributed by atoms with Crippen LogP contribution in [0, 0.1) is 5.41 Å². The van der Waals surface area contributed by atoms with E-state index in [1.165, 1.54) is 0 Å². The Morgan fingerprint density at radius 1 is 1.38 bits per heavy atom. The highest BCUT2D eigenvalue weighted by Gasteiger charge is 2.48. The summed E-state index contributed by atoms with van der Waals surface area (Å²) >= 11 is 0. The summed E-state index contributed by atoms with van der Waals surface area (Å²) in [4.78, 5) is 24.5. The lowest BCUT2D eigenvalue weighted by Crippen LogP contribution is -2.46. The molecular formula is C16H28O5. The third-order valence-corrected chi connectivity index (χ3v) is 3.99. The average Bonchev–Trinajstić information content (AvgIpc) is 2.46. The van der Waals surface area contributed by atoms with Crippen molar-refractivity contribution in [2.45, 2.75) is 64.9 Å². The summed E-state index contributed by atoms with van der Waals surface area (Å²) in [7, 11) is 0. The van der Waals surface area contributed by atoms with Crippen LogP contribution in [-0.4, -0.2) is 42.8 Å². The largest absolute Gasteiger partial charge is 0.465 e. The maximum atomic E-state index is 12.3. The second kappa shape index (κ2) is 9.15. The molecule has 21 heavy (non-hydrogen) atoms. The van der Waals surface area contributed by atoms with Crippen LogP contribution in [0.4, 0.5) is 0 Å². The number of aliphatic hydroxyl groups excluding tert-OH is 1. The average molecular weight is 300 g/mol. The minimum atomic E-state index is -1.16. The van der Waals surface area contributed by atoms with Crippen molar-refractivity contribution in [1.29, 1.82) is 0 Å². The number of carbonyl (C=O) groups excluding carboxylic acids is 2. The fraction of sp³-hybridized carbons (Fsp3) is 0.875. The van der Waals surface area contributed by atoms with Crippen molar-refractivity contribution in [2.75, 3.05) is 19.8 Å². The molecule has 1 rings (SSSR count). The van der Waals surface area contributed by atoms with E-state index in [1.807, 2.05) is 0 Å². The van der Waals surface area contributed by atoms with E-state index in [2.05, 4.69) is 6.92 Å². The first-order valence-corrected chi connectivity index (χ1v) is 8.03. The number of Topliss-reactive ketones (excluding diaryl/α,β-unsaturated/α-hetero) is 1. The minimum absolute atomic E-state index is 0.0974. The van der Waals surface area contributed by atoms with Gasteiger partial charge in [-0.2, -0.15) is 0 Å². The lowest BCUT2D eigenvalue weighted by molar-refractivity contribution is -0.165. The van der Waals surface area contributed by atoms with Crippen LogP contribution in [0.1, 0.15) is 58.8 Å². The lowest BCUT2D eigenvalue weighted by Gasteiger charge is -2.34. The van der Waals surface area contributed by atoms with Gasteiger partial charge in [0.25, 0.3) is 0 Å². The van der Waals surface area contributed by atoms with Gasteiger partial charge in [-0.15, -0.1) is 0 Å². The van der Waals surface area contributed by atoms with Crippen LogP contribution in [0.15, 0.2) is 0 Å². The number of rotatable bonds is 9. The second-order valence-electron chi connectivity index (χ2n) is 5.72. The van der Waals surface area contributed by atoms with Crippen molar-refractivity contribution in [1.82, 2.24) is 0 Å². The molecule has 5 heteroatoms. The zero-order valence-electron chi connectivity index (χ0n) is 13.2.